The van der Waals surface area contributed by atoms with Gasteiger partial charge in [0.25, 0.3) is 0 Å². The van der Waals surface area contributed by atoms with E-state index in [2.05, 4.69) is 37.9 Å². The number of benzene rings is 1. The molecule has 1 aromatic heterocycles. The zero-order valence-electron chi connectivity index (χ0n) is 14.9. The highest BCUT2D eigenvalue weighted by molar-refractivity contribution is 14.0. The fourth-order valence-electron chi connectivity index (χ4n) is 3.26. The zero-order chi connectivity index (χ0) is 16.8. The maximum Gasteiger partial charge on any atom is 0.191 e. The molecule has 138 valence electrons. The molecule has 1 aromatic carbocycles. The van der Waals surface area contributed by atoms with Crippen molar-refractivity contribution in [2.24, 2.45) is 4.99 Å². The topological polar surface area (TPSA) is 65.1 Å². The number of nitrogens with one attached hydrogen (secondary N) is 3. The summed E-state index contributed by atoms with van der Waals surface area (Å²) in [5, 5.41) is 7.78. The van der Waals surface area contributed by atoms with Crippen molar-refractivity contribution in [2.75, 3.05) is 19.8 Å². The third-order valence-electron chi connectivity index (χ3n) is 4.60. The highest BCUT2D eigenvalue weighted by atomic mass is 127. The number of aromatic nitrogens is 2. The van der Waals surface area contributed by atoms with Crippen LogP contribution in [-0.4, -0.2) is 47.1 Å². The molecule has 1 saturated carbocycles. The van der Waals surface area contributed by atoms with Gasteiger partial charge in [0.15, 0.2) is 5.96 Å². The summed E-state index contributed by atoms with van der Waals surface area (Å²) >= 11 is 1.98. The summed E-state index contributed by atoms with van der Waals surface area (Å²) < 4.78 is 0. The molecule has 25 heavy (non-hydrogen) atoms. The minimum atomic E-state index is 0. The Morgan fingerprint density at radius 1 is 1.36 bits per heavy atom. The van der Waals surface area contributed by atoms with E-state index in [-0.39, 0.29) is 24.0 Å². The molecule has 5 nitrogen and oxygen atoms in total. The van der Waals surface area contributed by atoms with Gasteiger partial charge in [-0.25, -0.2) is 4.98 Å². The Balaban J connectivity index is 0.00000225. The lowest BCUT2D eigenvalue weighted by Crippen LogP contribution is -2.42. The van der Waals surface area contributed by atoms with Crippen LogP contribution in [0.1, 0.15) is 31.5 Å². The smallest absolute Gasteiger partial charge is 0.191 e. The fourth-order valence-corrected chi connectivity index (χ4v) is 4.06. The van der Waals surface area contributed by atoms with Crippen molar-refractivity contribution in [1.82, 2.24) is 20.6 Å². The minimum Gasteiger partial charge on any atom is -0.356 e. The average molecular weight is 473 g/mol. The molecule has 3 rings (SSSR count). The first kappa shape index (κ1) is 20.4. The highest BCUT2D eigenvalue weighted by Crippen LogP contribution is 2.27. The number of nitrogens with zero attached hydrogens (tertiary/aromatic N) is 2. The maximum atomic E-state index is 4.62. The number of halogens is 1. The third kappa shape index (κ3) is 5.77. The van der Waals surface area contributed by atoms with Gasteiger partial charge < -0.3 is 15.6 Å². The largest absolute Gasteiger partial charge is 0.356 e. The van der Waals surface area contributed by atoms with Crippen LogP contribution in [-0.2, 0) is 6.42 Å². The van der Waals surface area contributed by atoms with Crippen LogP contribution in [0.25, 0.3) is 11.0 Å². The molecule has 2 aromatic rings. The Kier molecular flexibility index (Phi) is 8.35. The Hall–Kier alpha value is -0.960. The molecule has 1 heterocycles. The first-order valence-corrected chi connectivity index (χ1v) is 10.0. The van der Waals surface area contributed by atoms with Gasteiger partial charge in [-0.2, -0.15) is 11.8 Å². The van der Waals surface area contributed by atoms with Gasteiger partial charge in [0.2, 0.25) is 0 Å². The number of hydrogen-bond acceptors (Lipinski definition) is 3. The molecule has 1 aliphatic carbocycles. The van der Waals surface area contributed by atoms with Crippen LogP contribution in [0.15, 0.2) is 29.3 Å². The van der Waals surface area contributed by atoms with Gasteiger partial charge in [-0.15, -0.1) is 24.0 Å². The number of thioether (sulfide) groups is 1. The van der Waals surface area contributed by atoms with Crippen molar-refractivity contribution in [3.05, 3.63) is 30.1 Å². The van der Waals surface area contributed by atoms with Gasteiger partial charge in [-0.3, -0.25) is 4.99 Å². The van der Waals surface area contributed by atoms with Crippen LogP contribution >= 0.6 is 35.7 Å². The zero-order valence-corrected chi connectivity index (χ0v) is 18.1. The van der Waals surface area contributed by atoms with E-state index in [0.29, 0.717) is 6.04 Å². The number of imidazole rings is 1. The van der Waals surface area contributed by atoms with Crippen LogP contribution in [0.3, 0.4) is 0 Å². The molecular weight excluding hydrogens is 445 g/mol. The summed E-state index contributed by atoms with van der Waals surface area (Å²) in [6.07, 6.45) is 7.96. The molecule has 2 atom stereocenters. The van der Waals surface area contributed by atoms with Crippen LogP contribution in [0, 0.1) is 0 Å². The number of rotatable bonds is 6. The van der Waals surface area contributed by atoms with Crippen LogP contribution in [0.2, 0.25) is 0 Å². The van der Waals surface area contributed by atoms with E-state index >= 15 is 0 Å². The first-order valence-electron chi connectivity index (χ1n) is 8.72. The van der Waals surface area contributed by atoms with Crippen LogP contribution < -0.4 is 10.6 Å². The standard InChI is InChI=1S/C18H27N5S.HI/c1-19-18(21-13-9-10-14(12-13)24-2)20-11-5-8-17-22-15-6-3-4-7-16(15)23-17;/h3-4,6-7,13-14H,5,8-12H2,1-2H3,(H,22,23)(H2,19,20,21);1H. The van der Waals surface area contributed by atoms with E-state index in [1.165, 1.54) is 19.3 Å². The number of hydrogen-bond donors (Lipinski definition) is 3. The van der Waals surface area contributed by atoms with E-state index in [4.69, 9.17) is 0 Å². The van der Waals surface area contributed by atoms with Gasteiger partial charge in [0.1, 0.15) is 5.82 Å². The number of aliphatic imine (C=N–C) groups is 1. The average Bonchev–Trinajstić information content (AvgIpc) is 3.23. The lowest BCUT2D eigenvalue weighted by atomic mass is 10.2. The fraction of sp³-hybridized carbons (Fsp3) is 0.556. The summed E-state index contributed by atoms with van der Waals surface area (Å²) in [5.74, 6) is 1.98. The number of aryl methyl sites for hydroxylation is 1. The number of H-pyrrole nitrogens is 1. The van der Waals surface area contributed by atoms with Crippen LogP contribution in [0.5, 0.6) is 0 Å². The Labute approximate surface area is 171 Å². The van der Waals surface area contributed by atoms with Gasteiger partial charge in [-0.05, 0) is 44.1 Å². The second kappa shape index (κ2) is 10.3. The number of para-hydroxylation sites is 2. The molecule has 2 unspecified atom stereocenters. The summed E-state index contributed by atoms with van der Waals surface area (Å²) in [6, 6.07) is 8.73. The van der Waals surface area contributed by atoms with Gasteiger partial charge in [0.05, 0.1) is 11.0 Å². The van der Waals surface area contributed by atoms with Crippen molar-refractivity contribution in [1.29, 1.82) is 0 Å². The SMILES string of the molecule is CN=C(NCCCc1nc2ccccc2[nH]1)NC1CCC(SC)C1.I. The van der Waals surface area contributed by atoms with Crippen molar-refractivity contribution in [3.8, 4) is 0 Å². The second-order valence-corrected chi connectivity index (χ2v) is 7.45. The summed E-state index contributed by atoms with van der Waals surface area (Å²) in [6.45, 7) is 0.898. The van der Waals surface area contributed by atoms with E-state index in [9.17, 15) is 0 Å². The van der Waals surface area contributed by atoms with E-state index < -0.39 is 0 Å². The Morgan fingerprint density at radius 2 is 2.20 bits per heavy atom. The Bertz CT molecular complexity index is 654. The third-order valence-corrected chi connectivity index (χ3v) is 5.70. The predicted molar refractivity (Wildman–Crippen MR) is 119 cm³/mol. The van der Waals surface area contributed by atoms with E-state index in [1.54, 1.807) is 0 Å². The molecule has 7 heteroatoms. The molecule has 0 spiro atoms. The monoisotopic (exact) mass is 473 g/mol. The Morgan fingerprint density at radius 3 is 2.92 bits per heavy atom. The van der Waals surface area contributed by atoms with Crippen LogP contribution in [0.4, 0.5) is 0 Å². The summed E-state index contributed by atoms with van der Waals surface area (Å²) in [5.41, 5.74) is 2.16. The predicted octanol–water partition coefficient (Wildman–Crippen LogP) is 3.56. The molecule has 1 aliphatic rings. The molecular formula is C18H28IN5S. The molecule has 0 aliphatic heterocycles. The lowest BCUT2D eigenvalue weighted by molar-refractivity contribution is 0.611. The van der Waals surface area contributed by atoms with Gasteiger partial charge in [-0.1, -0.05) is 12.1 Å². The number of aromatic amines is 1. The summed E-state index contributed by atoms with van der Waals surface area (Å²) in [7, 11) is 1.84. The van der Waals surface area contributed by atoms with Crippen molar-refractivity contribution < 1.29 is 0 Å². The van der Waals surface area contributed by atoms with Crippen molar-refractivity contribution in [3.63, 3.8) is 0 Å². The number of guanidine groups is 1. The van der Waals surface area contributed by atoms with Gasteiger partial charge in [0, 0.05) is 31.3 Å². The molecule has 0 bridgehead atoms. The quantitative estimate of drug-likeness (QED) is 0.260. The molecule has 0 amide bonds. The molecule has 1 fully saturated rings. The number of fused-ring (bicyclic) bond motifs is 1. The maximum absolute atomic E-state index is 4.62. The lowest BCUT2D eigenvalue weighted by Gasteiger charge is -2.17. The molecule has 0 radical (unpaired) electrons. The van der Waals surface area contributed by atoms with E-state index in [1.807, 2.05) is 37.0 Å². The molecule has 3 N–H and O–H groups in total. The highest BCUT2D eigenvalue weighted by Gasteiger charge is 2.24. The minimum absolute atomic E-state index is 0. The van der Waals surface area contributed by atoms with Crippen molar-refractivity contribution >= 4 is 52.7 Å². The summed E-state index contributed by atoms with van der Waals surface area (Å²) in [4.78, 5) is 12.3. The van der Waals surface area contributed by atoms with E-state index in [0.717, 1.165) is 47.5 Å². The molecule has 0 saturated heterocycles. The van der Waals surface area contributed by atoms with Gasteiger partial charge >= 0.3 is 0 Å². The second-order valence-electron chi connectivity index (χ2n) is 6.32. The van der Waals surface area contributed by atoms with Crippen molar-refractivity contribution in [2.45, 2.75) is 43.4 Å². The first-order chi connectivity index (χ1) is 11.8. The normalized spacial score (nSPS) is 20.5.